The summed E-state index contributed by atoms with van der Waals surface area (Å²) in [5.41, 5.74) is 1.98. The first-order chi connectivity index (χ1) is 9.28. The Balaban J connectivity index is 1.96. The summed E-state index contributed by atoms with van der Waals surface area (Å²) < 4.78 is 5.22. The first kappa shape index (κ1) is 12.2. The van der Waals surface area contributed by atoms with Crippen molar-refractivity contribution in [1.82, 2.24) is 0 Å². The molecule has 19 heavy (non-hydrogen) atoms. The molecule has 1 atom stereocenters. The second kappa shape index (κ2) is 5.02. The molecule has 0 amide bonds. The third-order valence-electron chi connectivity index (χ3n) is 3.46. The molecule has 1 aliphatic carbocycles. The standard InChI is InChI=1S/C15H14N2OS/c1-10-4-5-12-13(8-16)15(19-14(12)7-10)17-9-11-3-2-6-18-11/h2-3,6,9-10H,4-5,7H2,1H3. The van der Waals surface area contributed by atoms with E-state index in [9.17, 15) is 5.26 Å². The number of rotatable bonds is 2. The molecular weight excluding hydrogens is 256 g/mol. The van der Waals surface area contributed by atoms with Crippen molar-refractivity contribution in [3.05, 3.63) is 40.2 Å². The van der Waals surface area contributed by atoms with E-state index in [-0.39, 0.29) is 0 Å². The smallest absolute Gasteiger partial charge is 0.144 e. The molecule has 0 aromatic carbocycles. The predicted molar refractivity (Wildman–Crippen MR) is 76.2 cm³/mol. The lowest BCUT2D eigenvalue weighted by atomic mass is 9.89. The van der Waals surface area contributed by atoms with Crippen molar-refractivity contribution in [3.8, 4) is 6.07 Å². The van der Waals surface area contributed by atoms with Crippen molar-refractivity contribution in [3.63, 3.8) is 0 Å². The fourth-order valence-corrected chi connectivity index (χ4v) is 3.73. The Kier molecular flexibility index (Phi) is 3.22. The van der Waals surface area contributed by atoms with Crippen LogP contribution in [-0.2, 0) is 12.8 Å². The molecule has 96 valence electrons. The average Bonchev–Trinajstić information content (AvgIpc) is 3.02. The van der Waals surface area contributed by atoms with Gasteiger partial charge in [-0.2, -0.15) is 5.26 Å². The number of aliphatic imine (C=N–C) groups is 1. The summed E-state index contributed by atoms with van der Waals surface area (Å²) in [5, 5.41) is 10.2. The minimum Gasteiger partial charge on any atom is -0.463 e. The Morgan fingerprint density at radius 2 is 2.47 bits per heavy atom. The molecule has 3 rings (SSSR count). The van der Waals surface area contributed by atoms with E-state index in [2.05, 4.69) is 18.0 Å². The first-order valence-corrected chi connectivity index (χ1v) is 7.21. The molecule has 0 radical (unpaired) electrons. The van der Waals surface area contributed by atoms with Crippen LogP contribution in [0.25, 0.3) is 0 Å². The summed E-state index contributed by atoms with van der Waals surface area (Å²) in [5.74, 6) is 1.42. The Bertz CT molecular complexity index is 646. The van der Waals surface area contributed by atoms with Crippen LogP contribution < -0.4 is 0 Å². The minimum absolute atomic E-state index is 0.708. The molecule has 0 saturated heterocycles. The maximum absolute atomic E-state index is 9.35. The molecular formula is C15H14N2OS. The molecule has 1 aliphatic rings. The van der Waals surface area contributed by atoms with Crippen LogP contribution >= 0.6 is 11.3 Å². The summed E-state index contributed by atoms with van der Waals surface area (Å²) in [6.07, 6.45) is 6.55. The van der Waals surface area contributed by atoms with Gasteiger partial charge in [0.2, 0.25) is 0 Å². The Morgan fingerprint density at radius 3 is 3.21 bits per heavy atom. The van der Waals surface area contributed by atoms with E-state index in [0.717, 1.165) is 23.4 Å². The summed E-state index contributed by atoms with van der Waals surface area (Å²) in [6, 6.07) is 5.99. The van der Waals surface area contributed by atoms with Crippen LogP contribution in [0.1, 0.15) is 35.1 Å². The molecule has 1 unspecified atom stereocenters. The van der Waals surface area contributed by atoms with E-state index in [1.807, 2.05) is 12.1 Å². The van der Waals surface area contributed by atoms with Gasteiger partial charge in [-0.1, -0.05) is 6.92 Å². The molecule has 2 aromatic rings. The lowest BCUT2D eigenvalue weighted by Gasteiger charge is -2.17. The van der Waals surface area contributed by atoms with Gasteiger partial charge in [-0.25, -0.2) is 4.99 Å². The van der Waals surface area contributed by atoms with Crippen LogP contribution in [0.4, 0.5) is 5.00 Å². The van der Waals surface area contributed by atoms with Gasteiger partial charge in [0.05, 0.1) is 18.0 Å². The average molecular weight is 270 g/mol. The summed E-state index contributed by atoms with van der Waals surface area (Å²) >= 11 is 1.65. The number of nitrogens with zero attached hydrogens (tertiary/aromatic N) is 2. The van der Waals surface area contributed by atoms with E-state index in [4.69, 9.17) is 4.42 Å². The third-order valence-corrected chi connectivity index (χ3v) is 4.62. The maximum Gasteiger partial charge on any atom is 0.144 e. The summed E-state index contributed by atoms with van der Waals surface area (Å²) in [6.45, 7) is 2.26. The molecule has 3 nitrogen and oxygen atoms in total. The number of fused-ring (bicyclic) bond motifs is 1. The fraction of sp³-hybridized carbons (Fsp3) is 0.333. The quantitative estimate of drug-likeness (QED) is 0.772. The molecule has 4 heteroatoms. The Hall–Kier alpha value is -1.86. The van der Waals surface area contributed by atoms with Crippen molar-refractivity contribution in [2.45, 2.75) is 26.2 Å². The molecule has 2 aromatic heterocycles. The van der Waals surface area contributed by atoms with Gasteiger partial charge in [-0.3, -0.25) is 0 Å². The van der Waals surface area contributed by atoms with Crippen molar-refractivity contribution in [2.24, 2.45) is 10.9 Å². The normalized spacial score (nSPS) is 18.4. The van der Waals surface area contributed by atoms with Crippen LogP contribution in [0.15, 0.2) is 27.8 Å². The first-order valence-electron chi connectivity index (χ1n) is 6.40. The fourth-order valence-electron chi connectivity index (χ4n) is 2.43. The molecule has 0 saturated carbocycles. The maximum atomic E-state index is 9.35. The van der Waals surface area contributed by atoms with Crippen molar-refractivity contribution in [1.29, 1.82) is 5.26 Å². The van der Waals surface area contributed by atoms with Crippen molar-refractivity contribution >= 4 is 22.6 Å². The molecule has 0 N–H and O–H groups in total. The predicted octanol–water partition coefficient (Wildman–Crippen LogP) is 4.09. The number of hydrogen-bond donors (Lipinski definition) is 0. The van der Waals surface area contributed by atoms with E-state index in [1.165, 1.54) is 16.9 Å². The van der Waals surface area contributed by atoms with Gasteiger partial charge in [-0.05, 0) is 42.9 Å². The third kappa shape index (κ3) is 2.34. The molecule has 0 spiro atoms. The number of hydrogen-bond acceptors (Lipinski definition) is 4. The highest BCUT2D eigenvalue weighted by Crippen LogP contribution is 2.40. The second-order valence-corrected chi connectivity index (χ2v) is 6.00. The lowest BCUT2D eigenvalue weighted by Crippen LogP contribution is -2.09. The Labute approximate surface area is 116 Å². The van der Waals surface area contributed by atoms with Crippen LogP contribution in [0.5, 0.6) is 0 Å². The summed E-state index contributed by atoms with van der Waals surface area (Å²) in [4.78, 5) is 5.76. The molecule has 2 heterocycles. The number of furan rings is 1. The van der Waals surface area contributed by atoms with Crippen molar-refractivity contribution in [2.75, 3.05) is 0 Å². The zero-order chi connectivity index (χ0) is 13.2. The zero-order valence-corrected chi connectivity index (χ0v) is 11.5. The topological polar surface area (TPSA) is 49.3 Å². The van der Waals surface area contributed by atoms with Crippen LogP contribution in [-0.4, -0.2) is 6.21 Å². The minimum atomic E-state index is 0.708. The van der Waals surface area contributed by atoms with Crippen LogP contribution in [0.3, 0.4) is 0 Å². The van der Waals surface area contributed by atoms with Gasteiger partial charge < -0.3 is 4.42 Å². The van der Waals surface area contributed by atoms with E-state index in [0.29, 0.717) is 11.7 Å². The monoisotopic (exact) mass is 270 g/mol. The highest BCUT2D eigenvalue weighted by molar-refractivity contribution is 7.16. The van der Waals surface area contributed by atoms with E-state index in [1.54, 1.807) is 23.8 Å². The van der Waals surface area contributed by atoms with E-state index >= 15 is 0 Å². The molecule has 0 aliphatic heterocycles. The zero-order valence-electron chi connectivity index (χ0n) is 10.7. The van der Waals surface area contributed by atoms with Gasteiger partial charge in [0.15, 0.2) is 0 Å². The number of thiophene rings is 1. The van der Waals surface area contributed by atoms with Gasteiger partial charge in [0.25, 0.3) is 0 Å². The number of nitriles is 1. The Morgan fingerprint density at radius 1 is 1.58 bits per heavy atom. The lowest BCUT2D eigenvalue weighted by molar-refractivity contribution is 0.507. The van der Waals surface area contributed by atoms with Gasteiger partial charge in [0, 0.05) is 4.88 Å². The molecule has 0 fully saturated rings. The van der Waals surface area contributed by atoms with Gasteiger partial charge in [-0.15, -0.1) is 11.3 Å². The summed E-state index contributed by atoms with van der Waals surface area (Å²) in [7, 11) is 0. The second-order valence-electron chi connectivity index (χ2n) is 4.92. The largest absolute Gasteiger partial charge is 0.463 e. The molecule has 0 bridgehead atoms. The van der Waals surface area contributed by atoms with Crippen LogP contribution in [0.2, 0.25) is 0 Å². The van der Waals surface area contributed by atoms with Gasteiger partial charge >= 0.3 is 0 Å². The van der Waals surface area contributed by atoms with Crippen LogP contribution in [0, 0.1) is 17.2 Å². The highest BCUT2D eigenvalue weighted by atomic mass is 32.1. The van der Waals surface area contributed by atoms with Gasteiger partial charge in [0.1, 0.15) is 16.8 Å². The SMILES string of the molecule is CC1CCc2c(sc(N=Cc3ccco3)c2C#N)C1. The van der Waals surface area contributed by atoms with E-state index < -0.39 is 0 Å². The highest BCUT2D eigenvalue weighted by Gasteiger charge is 2.23. The van der Waals surface area contributed by atoms with Crippen molar-refractivity contribution < 1.29 is 4.42 Å².